The van der Waals surface area contributed by atoms with Gasteiger partial charge in [-0.1, -0.05) is 76.1 Å². The lowest BCUT2D eigenvalue weighted by molar-refractivity contribution is -0.0802. The highest BCUT2D eigenvalue weighted by Gasteiger charge is 2.24. The van der Waals surface area contributed by atoms with Crippen molar-refractivity contribution in [1.82, 2.24) is 5.32 Å². The summed E-state index contributed by atoms with van der Waals surface area (Å²) >= 11 is 0. The van der Waals surface area contributed by atoms with Crippen LogP contribution in [0.4, 0.5) is 13.2 Å². The molecule has 1 atom stereocenters. The minimum absolute atomic E-state index is 0.0928. The van der Waals surface area contributed by atoms with E-state index in [-0.39, 0.29) is 22.8 Å². The van der Waals surface area contributed by atoms with Crippen LogP contribution in [0.2, 0.25) is 0 Å². The standard InChI is InChI=1S/C21H20F3NO2.C9H21N/c1-4-15(17-8-7-9-18(12-17)20(26)27)10-11-19(13-21(22,23)24)16(5-2)14-25-6-3;1-4-6-7-9(5-2)8-10-3/h4-14H,2H2,1,3H3,(H,26,27);9-10H,4-8H2,1-3H3/b11-10-,15-4+,16-14+,19-13-,25-6?;. The minimum atomic E-state index is -4.52. The zero-order valence-electron chi connectivity index (χ0n) is 22.6. The SMILES string of the molecule is C=CC(=C\N=CC)/C(/C=C\C(=C/C)c1cccc(C(=O)O)c1)=C\C(F)(F)F.CCCCC(CC)CNC. The first-order valence-corrected chi connectivity index (χ1v) is 12.5. The van der Waals surface area contributed by atoms with Gasteiger partial charge in [-0.05, 0) is 74.2 Å². The molecule has 0 fully saturated rings. The number of carbonyl (C=O) groups is 1. The number of unbranched alkanes of at least 4 members (excludes halogenated alkanes) is 1. The Morgan fingerprint density at radius 2 is 1.84 bits per heavy atom. The molecule has 37 heavy (non-hydrogen) atoms. The number of nitrogens with one attached hydrogen (secondary N) is 1. The fraction of sp³-hybridized carbons (Fsp3) is 0.400. The Morgan fingerprint density at radius 3 is 2.32 bits per heavy atom. The molecule has 2 N–H and O–H groups in total. The van der Waals surface area contributed by atoms with E-state index in [0.717, 1.165) is 5.92 Å². The van der Waals surface area contributed by atoms with Gasteiger partial charge in [-0.2, -0.15) is 13.2 Å². The van der Waals surface area contributed by atoms with Gasteiger partial charge in [0, 0.05) is 18.5 Å². The summed E-state index contributed by atoms with van der Waals surface area (Å²) in [5, 5.41) is 12.3. The van der Waals surface area contributed by atoms with E-state index < -0.39 is 12.1 Å². The van der Waals surface area contributed by atoms with Crippen LogP contribution >= 0.6 is 0 Å². The van der Waals surface area contributed by atoms with E-state index in [9.17, 15) is 18.0 Å². The molecule has 0 aliphatic heterocycles. The molecule has 1 aromatic rings. The van der Waals surface area contributed by atoms with Crippen LogP contribution in [0.5, 0.6) is 0 Å². The average molecular weight is 519 g/mol. The van der Waals surface area contributed by atoms with Gasteiger partial charge in [0.15, 0.2) is 0 Å². The lowest BCUT2D eigenvalue weighted by atomic mass is 9.99. The molecule has 0 aromatic heterocycles. The fourth-order valence-corrected chi connectivity index (χ4v) is 3.41. The molecule has 0 saturated heterocycles. The van der Waals surface area contributed by atoms with Crippen molar-refractivity contribution >= 4 is 17.8 Å². The first-order chi connectivity index (χ1) is 17.6. The van der Waals surface area contributed by atoms with E-state index in [1.54, 1.807) is 32.1 Å². The Kier molecular flexibility index (Phi) is 17.4. The molecular formula is C30H41F3N2O2. The van der Waals surface area contributed by atoms with Crippen molar-refractivity contribution in [2.24, 2.45) is 10.9 Å². The fourth-order valence-electron chi connectivity index (χ4n) is 3.41. The summed E-state index contributed by atoms with van der Waals surface area (Å²) in [6.07, 6.45) is 9.59. The Labute approximate surface area is 220 Å². The van der Waals surface area contributed by atoms with Crippen molar-refractivity contribution in [2.75, 3.05) is 13.6 Å². The summed E-state index contributed by atoms with van der Waals surface area (Å²) in [5.41, 5.74) is 1.34. The molecule has 0 spiro atoms. The molecule has 1 aromatic carbocycles. The van der Waals surface area contributed by atoms with Crippen molar-refractivity contribution in [1.29, 1.82) is 0 Å². The van der Waals surface area contributed by atoms with Crippen LogP contribution < -0.4 is 5.32 Å². The molecule has 0 aliphatic rings. The van der Waals surface area contributed by atoms with Gasteiger partial charge in [0.05, 0.1) is 5.56 Å². The van der Waals surface area contributed by atoms with Crippen molar-refractivity contribution in [2.45, 2.75) is 59.6 Å². The molecule has 204 valence electrons. The molecule has 1 rings (SSSR count). The maximum absolute atomic E-state index is 12.9. The van der Waals surface area contributed by atoms with Crippen molar-refractivity contribution in [3.05, 3.63) is 89.7 Å². The van der Waals surface area contributed by atoms with Crippen LogP contribution in [0.15, 0.2) is 83.6 Å². The predicted molar refractivity (Wildman–Crippen MR) is 150 cm³/mol. The van der Waals surface area contributed by atoms with Gasteiger partial charge in [-0.15, -0.1) is 0 Å². The first kappa shape index (κ1) is 33.8. The summed E-state index contributed by atoms with van der Waals surface area (Å²) in [4.78, 5) is 15.0. The van der Waals surface area contributed by atoms with E-state index in [1.807, 2.05) is 7.05 Å². The van der Waals surface area contributed by atoms with Crippen LogP contribution in [-0.2, 0) is 0 Å². The number of carboxylic acid groups (broad SMARTS) is 1. The number of aromatic carboxylic acids is 1. The maximum atomic E-state index is 12.9. The molecule has 7 heteroatoms. The summed E-state index contributed by atoms with van der Waals surface area (Å²) in [6, 6.07) is 6.17. The van der Waals surface area contributed by atoms with E-state index in [1.165, 1.54) is 75.0 Å². The second kappa shape index (κ2) is 19.0. The third-order valence-corrected chi connectivity index (χ3v) is 5.47. The number of allylic oxidation sites excluding steroid dienone is 8. The number of alkyl halides is 3. The van der Waals surface area contributed by atoms with Gasteiger partial charge in [-0.3, -0.25) is 4.99 Å². The van der Waals surface area contributed by atoms with E-state index in [0.29, 0.717) is 11.1 Å². The second-order valence-electron chi connectivity index (χ2n) is 8.27. The average Bonchev–Trinajstić information content (AvgIpc) is 2.86. The number of benzene rings is 1. The number of nitrogens with zero attached hydrogens (tertiary/aromatic N) is 1. The monoisotopic (exact) mass is 518 g/mol. The van der Waals surface area contributed by atoms with Gasteiger partial charge in [-0.25, -0.2) is 4.79 Å². The zero-order chi connectivity index (χ0) is 28.3. The molecule has 0 saturated carbocycles. The van der Waals surface area contributed by atoms with E-state index >= 15 is 0 Å². The molecule has 0 amide bonds. The predicted octanol–water partition coefficient (Wildman–Crippen LogP) is 8.42. The zero-order valence-corrected chi connectivity index (χ0v) is 22.6. The highest BCUT2D eigenvalue weighted by atomic mass is 19.4. The van der Waals surface area contributed by atoms with Crippen molar-refractivity contribution < 1.29 is 23.1 Å². The normalized spacial score (nSPS) is 14.0. The van der Waals surface area contributed by atoms with Gasteiger partial charge >= 0.3 is 12.1 Å². The third kappa shape index (κ3) is 14.8. The highest BCUT2D eigenvalue weighted by Crippen LogP contribution is 2.25. The first-order valence-electron chi connectivity index (χ1n) is 12.5. The number of rotatable bonds is 13. The summed E-state index contributed by atoms with van der Waals surface area (Å²) < 4.78 is 38.7. The van der Waals surface area contributed by atoms with Crippen LogP contribution in [0.3, 0.4) is 0 Å². The largest absolute Gasteiger partial charge is 0.478 e. The third-order valence-electron chi connectivity index (χ3n) is 5.47. The summed E-state index contributed by atoms with van der Waals surface area (Å²) in [6.45, 7) is 12.6. The minimum Gasteiger partial charge on any atom is -0.478 e. The lowest BCUT2D eigenvalue weighted by Gasteiger charge is -2.12. The summed E-state index contributed by atoms with van der Waals surface area (Å²) in [7, 11) is 2.04. The molecule has 0 radical (unpaired) electrons. The van der Waals surface area contributed by atoms with Gasteiger partial charge in [0.2, 0.25) is 0 Å². The Morgan fingerprint density at radius 1 is 1.16 bits per heavy atom. The topological polar surface area (TPSA) is 61.7 Å². The van der Waals surface area contributed by atoms with E-state index in [2.05, 4.69) is 30.7 Å². The van der Waals surface area contributed by atoms with Crippen LogP contribution in [-0.4, -0.2) is 37.1 Å². The van der Waals surface area contributed by atoms with Gasteiger partial charge in [0.25, 0.3) is 0 Å². The smallest absolute Gasteiger partial charge is 0.410 e. The lowest BCUT2D eigenvalue weighted by Crippen LogP contribution is -2.17. The van der Waals surface area contributed by atoms with Gasteiger partial charge < -0.3 is 10.4 Å². The molecule has 0 aliphatic carbocycles. The molecule has 0 bridgehead atoms. The maximum Gasteiger partial charge on any atom is 0.410 e. The van der Waals surface area contributed by atoms with Crippen molar-refractivity contribution in [3.63, 3.8) is 0 Å². The highest BCUT2D eigenvalue weighted by molar-refractivity contribution is 5.89. The molecular weight excluding hydrogens is 477 g/mol. The molecule has 0 heterocycles. The Bertz CT molecular complexity index is 987. The Hall–Kier alpha value is -3.19. The molecule has 1 unspecified atom stereocenters. The quantitative estimate of drug-likeness (QED) is 0.203. The summed E-state index contributed by atoms with van der Waals surface area (Å²) in [5.74, 6) is -0.173. The Balaban J connectivity index is 0.00000109. The van der Waals surface area contributed by atoms with Crippen molar-refractivity contribution in [3.8, 4) is 0 Å². The number of halogens is 3. The number of carboxylic acids is 1. The van der Waals surface area contributed by atoms with Crippen LogP contribution in [0.25, 0.3) is 5.57 Å². The second-order valence-corrected chi connectivity index (χ2v) is 8.27. The number of hydrogen-bond donors (Lipinski definition) is 2. The van der Waals surface area contributed by atoms with Crippen LogP contribution in [0.1, 0.15) is 69.3 Å². The number of hydrogen-bond acceptors (Lipinski definition) is 3. The van der Waals surface area contributed by atoms with Gasteiger partial charge in [0.1, 0.15) is 0 Å². The van der Waals surface area contributed by atoms with Crippen LogP contribution in [0, 0.1) is 5.92 Å². The molecule has 4 nitrogen and oxygen atoms in total. The number of aliphatic imine (C=N–C) groups is 1. The van der Waals surface area contributed by atoms with E-state index in [4.69, 9.17) is 5.11 Å².